The quantitative estimate of drug-likeness (QED) is 0.0345. The molecule has 0 spiro atoms. The maximum absolute atomic E-state index is 12.2. The van der Waals surface area contributed by atoms with Gasteiger partial charge in [0.2, 0.25) is 6.10 Å². The molecule has 0 aromatic carbocycles. The van der Waals surface area contributed by atoms with E-state index in [2.05, 4.69) is 19.2 Å². The van der Waals surface area contributed by atoms with Crippen LogP contribution in [0.1, 0.15) is 92.9 Å². The number of nitrogens with one attached hydrogen (secondary N) is 1. The third kappa shape index (κ3) is 31.5. The molecule has 0 rings (SSSR count). The lowest BCUT2D eigenvalue weighted by Crippen LogP contribution is -2.43. The molecule has 0 aliphatic rings. The largest absolute Gasteiger partial charge is 0.500 e. The first kappa shape index (κ1) is 63.7. The number of rotatable bonds is 39. The molecule has 6 unspecified atom stereocenters. The molecule has 0 radical (unpaired) electrons. The van der Waals surface area contributed by atoms with Crippen molar-refractivity contribution in [1.29, 1.82) is 0 Å². The summed E-state index contributed by atoms with van der Waals surface area (Å²) < 4.78 is 74.2. The van der Waals surface area contributed by atoms with Crippen LogP contribution in [0, 0.1) is 0 Å². The first-order chi connectivity index (χ1) is 30.5. The number of ether oxygens (including phenoxy) is 8. The monoisotopic (exact) mass is 966 g/mol. The molecule has 21 nitrogen and oxygen atoms in total. The van der Waals surface area contributed by atoms with Crippen LogP contribution in [-0.4, -0.2) is 191 Å². The highest BCUT2D eigenvalue weighted by atomic mass is 28.4. The van der Waals surface area contributed by atoms with Gasteiger partial charge in [-0.05, 0) is 59.8 Å². The molecule has 0 bridgehead atoms. The third-order valence-corrected chi connectivity index (χ3v) is 14.8. The Morgan fingerprint density at radius 3 is 1.45 bits per heavy atom. The fourth-order valence-electron chi connectivity index (χ4n) is 5.17. The van der Waals surface area contributed by atoms with Crippen LogP contribution in [0.5, 0.6) is 0 Å². The van der Waals surface area contributed by atoms with Crippen LogP contribution < -0.4 is 5.32 Å². The molecule has 0 aliphatic heterocycles. The standard InChI is InChI=1S/C21H42O10Si.C20H41NO10Si/c1-7-8-12-28-14-17(2)29-15-18(3)31-21(24)19(22)16-30-20(23)11-9-10-13-32(25-4,26-5)27-6;1-7-8-11-28-14-16(2)29-15-17(3)30-19(23)18(13-22)31-20(24)21-10-9-12-32(25-4,26-5)27-6/h17-19,22H,7-16H2,1-6H3;16-18,22H,7-15H2,1-6H3,(H,21,24). The molecule has 380 valence electrons. The summed E-state index contributed by atoms with van der Waals surface area (Å²) in [5, 5.41) is 21.8. The minimum absolute atomic E-state index is 0.136. The number of unbranched alkanes of at least 4 members (excludes halogenated alkanes) is 3. The van der Waals surface area contributed by atoms with Crippen LogP contribution in [0.15, 0.2) is 0 Å². The Morgan fingerprint density at radius 1 is 0.562 bits per heavy atom. The van der Waals surface area contributed by atoms with E-state index in [-0.39, 0.29) is 38.4 Å². The van der Waals surface area contributed by atoms with Gasteiger partial charge in [0.1, 0.15) is 18.8 Å². The van der Waals surface area contributed by atoms with Gasteiger partial charge in [-0.3, -0.25) is 4.79 Å². The molecule has 6 atom stereocenters. The smallest absolute Gasteiger partial charge is 0.462 e. The fourth-order valence-corrected chi connectivity index (χ4v) is 8.69. The molecular formula is C41H83NO20Si2. The third-order valence-electron chi connectivity index (χ3n) is 9.12. The van der Waals surface area contributed by atoms with E-state index < -0.39 is 79.2 Å². The van der Waals surface area contributed by atoms with E-state index in [0.29, 0.717) is 57.8 Å². The zero-order valence-electron chi connectivity index (χ0n) is 40.6. The maximum atomic E-state index is 12.2. The van der Waals surface area contributed by atoms with Crippen molar-refractivity contribution < 1.29 is 93.8 Å². The minimum atomic E-state index is -2.72. The van der Waals surface area contributed by atoms with E-state index >= 15 is 0 Å². The molecule has 1 amide bonds. The number of amides is 1. The van der Waals surface area contributed by atoms with Gasteiger partial charge in [-0.1, -0.05) is 26.7 Å². The van der Waals surface area contributed by atoms with Gasteiger partial charge in [0.05, 0.1) is 45.2 Å². The van der Waals surface area contributed by atoms with Crippen molar-refractivity contribution in [1.82, 2.24) is 5.32 Å². The Hall–Kier alpha value is -2.37. The zero-order valence-corrected chi connectivity index (χ0v) is 42.6. The predicted molar refractivity (Wildman–Crippen MR) is 237 cm³/mol. The zero-order chi connectivity index (χ0) is 48.8. The van der Waals surface area contributed by atoms with Crippen molar-refractivity contribution >= 4 is 41.6 Å². The van der Waals surface area contributed by atoms with Gasteiger partial charge in [-0.2, -0.15) is 0 Å². The van der Waals surface area contributed by atoms with E-state index in [1.165, 1.54) is 42.7 Å². The van der Waals surface area contributed by atoms with Crippen molar-refractivity contribution in [2.45, 2.75) is 142 Å². The topological polar surface area (TPSA) is 250 Å². The number of esters is 3. The molecule has 0 saturated heterocycles. The summed E-state index contributed by atoms with van der Waals surface area (Å²) >= 11 is 0. The second-order valence-corrected chi connectivity index (χ2v) is 20.9. The Kier molecular flexibility index (Phi) is 39.6. The number of alkyl carbamates (subject to hydrolysis) is 1. The molecule has 0 saturated carbocycles. The van der Waals surface area contributed by atoms with Crippen LogP contribution in [-0.2, 0) is 78.8 Å². The predicted octanol–water partition coefficient (Wildman–Crippen LogP) is 3.59. The van der Waals surface area contributed by atoms with Crippen molar-refractivity contribution in [3.05, 3.63) is 0 Å². The summed E-state index contributed by atoms with van der Waals surface area (Å²) in [6.45, 7) is 12.9. The molecule has 23 heteroatoms. The molecule has 0 aromatic heterocycles. The summed E-state index contributed by atoms with van der Waals surface area (Å²) in [5.41, 5.74) is 0. The van der Waals surface area contributed by atoms with Crippen molar-refractivity contribution in [3.8, 4) is 0 Å². The first-order valence-electron chi connectivity index (χ1n) is 22.0. The Balaban J connectivity index is 0. The molecule has 0 fully saturated rings. The lowest BCUT2D eigenvalue weighted by Gasteiger charge is -2.24. The molecule has 3 N–H and O–H groups in total. The number of carbonyl (C=O) groups excluding carboxylic acids is 4. The molecule has 0 heterocycles. The van der Waals surface area contributed by atoms with E-state index in [1.54, 1.807) is 13.8 Å². The second-order valence-electron chi connectivity index (χ2n) is 14.7. The fraction of sp³-hybridized carbons (Fsp3) is 0.902. The van der Waals surface area contributed by atoms with Crippen LogP contribution in [0.4, 0.5) is 4.79 Å². The molecular weight excluding hydrogens is 883 g/mol. The highest BCUT2D eigenvalue weighted by Crippen LogP contribution is 2.18. The highest BCUT2D eigenvalue weighted by molar-refractivity contribution is 6.60. The van der Waals surface area contributed by atoms with E-state index in [4.69, 9.17) is 64.5 Å². The van der Waals surface area contributed by atoms with Gasteiger partial charge in [0.25, 0.3) is 0 Å². The van der Waals surface area contributed by atoms with Crippen LogP contribution in [0.3, 0.4) is 0 Å². The molecule has 64 heavy (non-hydrogen) atoms. The normalized spacial score (nSPS) is 14.5. The second kappa shape index (κ2) is 39.8. The van der Waals surface area contributed by atoms with Crippen molar-refractivity contribution in [2.24, 2.45) is 0 Å². The molecule has 0 aliphatic carbocycles. The van der Waals surface area contributed by atoms with Crippen LogP contribution in [0.25, 0.3) is 0 Å². The highest BCUT2D eigenvalue weighted by Gasteiger charge is 2.38. The van der Waals surface area contributed by atoms with E-state index in [9.17, 15) is 29.4 Å². The van der Waals surface area contributed by atoms with Gasteiger partial charge in [0.15, 0.2) is 6.10 Å². The summed E-state index contributed by atoms with van der Waals surface area (Å²) in [6.07, 6.45) is 0.716. The lowest BCUT2D eigenvalue weighted by atomic mass is 10.2. The summed E-state index contributed by atoms with van der Waals surface area (Å²) in [6, 6.07) is 1.06. The Labute approximate surface area is 383 Å². The van der Waals surface area contributed by atoms with Gasteiger partial charge in [-0.25, -0.2) is 14.4 Å². The first-order valence-corrected chi connectivity index (χ1v) is 25.9. The van der Waals surface area contributed by atoms with Gasteiger partial charge in [-0.15, -0.1) is 0 Å². The van der Waals surface area contributed by atoms with Gasteiger partial charge < -0.3 is 80.0 Å². The minimum Gasteiger partial charge on any atom is -0.462 e. The van der Waals surface area contributed by atoms with Crippen molar-refractivity contribution in [3.63, 3.8) is 0 Å². The molecule has 0 aromatic rings. The summed E-state index contributed by atoms with van der Waals surface area (Å²) in [4.78, 5) is 47.9. The summed E-state index contributed by atoms with van der Waals surface area (Å²) in [5.74, 6) is -2.23. The van der Waals surface area contributed by atoms with Crippen molar-refractivity contribution in [2.75, 3.05) is 102 Å². The number of aliphatic hydroxyl groups is 2. The van der Waals surface area contributed by atoms with E-state index in [1.807, 2.05) is 13.8 Å². The summed E-state index contributed by atoms with van der Waals surface area (Å²) in [7, 11) is 3.75. The average molecular weight is 966 g/mol. The Bertz CT molecular complexity index is 1170. The van der Waals surface area contributed by atoms with E-state index in [0.717, 1.165) is 25.7 Å². The van der Waals surface area contributed by atoms with Gasteiger partial charge >= 0.3 is 41.6 Å². The number of hydrogen-bond acceptors (Lipinski definition) is 20. The number of carbonyl (C=O) groups is 4. The number of aliphatic hydroxyl groups excluding tert-OH is 2. The maximum Gasteiger partial charge on any atom is 0.500 e. The Morgan fingerprint density at radius 2 is 1.02 bits per heavy atom. The average Bonchev–Trinajstić information content (AvgIpc) is 3.29. The van der Waals surface area contributed by atoms with Gasteiger partial charge in [0, 0.05) is 80.9 Å². The number of hydrogen-bond donors (Lipinski definition) is 3. The SMILES string of the molecule is CCCCOCC(C)OCC(C)OC(=O)C(CO)OC(=O)NCCC[Si](OC)(OC)OC.CCCCOCC(C)OCC(C)OC(=O)C(O)COC(=O)CCCC[Si](OC)(OC)OC. The van der Waals surface area contributed by atoms with Crippen LogP contribution in [0.2, 0.25) is 12.1 Å². The van der Waals surface area contributed by atoms with Crippen LogP contribution >= 0.6 is 0 Å². The lowest BCUT2D eigenvalue weighted by molar-refractivity contribution is -0.168.